The van der Waals surface area contributed by atoms with Crippen LogP contribution in [0.2, 0.25) is 0 Å². The van der Waals surface area contributed by atoms with E-state index in [-0.39, 0.29) is 111 Å². The average molecular weight is 1030 g/mol. The summed E-state index contributed by atoms with van der Waals surface area (Å²) < 4.78 is 137. The van der Waals surface area contributed by atoms with Crippen molar-refractivity contribution in [3.8, 4) is 0 Å². The summed E-state index contributed by atoms with van der Waals surface area (Å²) in [6.45, 7) is 0. The summed E-state index contributed by atoms with van der Waals surface area (Å²) >= 11 is 0. The van der Waals surface area contributed by atoms with Crippen LogP contribution >= 0.6 is 0 Å². The van der Waals surface area contributed by atoms with Gasteiger partial charge in [0.1, 0.15) is 41.1 Å². The predicted octanol–water partition coefficient (Wildman–Crippen LogP) is -10.8. The standard InChI is InChI=1S/C37H28N8O16S4.3Na/c46-34-20(14-30(42-38-22-5-1-9-26(16-22)62(50,51)52)36(48)32(34)44-40-24-7-3-11-28(18-24)64(56,57)58)13-21-15-31(43-39-23-6-2-10-27(17-23)63(53,54)55)37(49)33(35(21)47)45-41-25-8-4-12-29(19-25)65(59,60)61;;;/h1-12,14-19,38-41H,13H2,(H,50,51,52)(H,53,54,55)(H,56,57,58)(H,59,60,61);;;/q;3*+1/p-3/b42-30-,43-31+,44-32+,45-33-;;;. The number of nitrogens with one attached hydrogen (secondary N) is 4. The van der Waals surface area contributed by atoms with Gasteiger partial charge in [-0.05, 0) is 84.9 Å². The monoisotopic (exact) mass is 1030 g/mol. The molecule has 0 aliphatic carbocycles. The van der Waals surface area contributed by atoms with Gasteiger partial charge in [-0.25, -0.2) is 25.3 Å². The largest absolute Gasteiger partial charge is 1.00 e. The van der Waals surface area contributed by atoms with E-state index in [1.165, 1.54) is 42.5 Å². The Morgan fingerprint density at radius 1 is 0.412 bits per heavy atom. The molecule has 68 heavy (non-hydrogen) atoms. The molecule has 0 heterocycles. The Balaban J connectivity index is 0.00000408. The van der Waals surface area contributed by atoms with Crippen LogP contribution in [0.4, 0.5) is 22.7 Å². The second-order valence-electron chi connectivity index (χ2n) is 13.1. The Morgan fingerprint density at radius 3 is 0.985 bits per heavy atom. The molecule has 24 nitrogen and oxygen atoms in total. The summed E-state index contributed by atoms with van der Waals surface area (Å²) in [6.07, 6.45) is -0.774. The van der Waals surface area contributed by atoms with Gasteiger partial charge in [-0.15, -0.1) is 0 Å². The second kappa shape index (κ2) is 23.4. The summed E-state index contributed by atoms with van der Waals surface area (Å²) in [7, 11) is -19.6. The van der Waals surface area contributed by atoms with Crippen LogP contribution in [0, 0.1) is 0 Å². The Labute approximate surface area is 449 Å². The minimum atomic E-state index is -4.97. The summed E-state index contributed by atoms with van der Waals surface area (Å²) in [6, 6.07) is 18.9. The van der Waals surface area contributed by atoms with Crippen molar-refractivity contribution in [1.82, 2.24) is 0 Å². The van der Waals surface area contributed by atoms with Gasteiger partial charge < -0.3 is 13.7 Å². The van der Waals surface area contributed by atoms with Gasteiger partial charge in [0, 0.05) is 17.5 Å². The van der Waals surface area contributed by atoms with Gasteiger partial charge in [-0.1, -0.05) is 24.3 Å². The van der Waals surface area contributed by atoms with Crippen molar-refractivity contribution < 1.29 is 141 Å². The van der Waals surface area contributed by atoms with Crippen molar-refractivity contribution in [1.29, 1.82) is 0 Å². The van der Waals surface area contributed by atoms with E-state index in [1.54, 1.807) is 0 Å². The molecule has 0 aliphatic heterocycles. The Kier molecular flexibility index (Phi) is 20.0. The van der Waals surface area contributed by atoms with Gasteiger partial charge >= 0.3 is 88.7 Å². The number of nitrogens with zero attached hydrogens (tertiary/aromatic N) is 4. The van der Waals surface area contributed by atoms with Crippen LogP contribution in [0.5, 0.6) is 0 Å². The maximum absolute atomic E-state index is 14.0. The SMILES string of the molecule is O=c1c(Cc2c/c(=N/Nc3cccc(S(=O)(=O)[O-])c3)c(=O)/c(=N/Nc3cccc(S(=O)(=O)O)c3)c2=O)c/c(=N\Nc2cccc(S(=O)(=O)[O-])c2)c(=O)/c1=N\Nc1cccc(S(=O)(=O)[O-])c1.[Na+].[Na+].[Na+]. The van der Waals surface area contributed by atoms with E-state index in [0.29, 0.717) is 0 Å². The van der Waals surface area contributed by atoms with Gasteiger partial charge in [-0.3, -0.25) is 45.4 Å². The van der Waals surface area contributed by atoms with Crippen LogP contribution in [0.25, 0.3) is 0 Å². The third kappa shape index (κ3) is 14.8. The van der Waals surface area contributed by atoms with Gasteiger partial charge in [0.2, 0.25) is 21.7 Å². The molecule has 0 aromatic heterocycles. The molecule has 0 saturated heterocycles. The fraction of sp³-hybridized carbons (Fsp3) is 0.0270. The molecule has 0 atom stereocenters. The van der Waals surface area contributed by atoms with Crippen molar-refractivity contribution in [3.63, 3.8) is 0 Å². The first kappa shape index (κ1) is 57.9. The second-order valence-corrected chi connectivity index (χ2v) is 18.7. The molecule has 0 radical (unpaired) electrons. The van der Waals surface area contributed by atoms with Crippen LogP contribution in [-0.2, 0) is 46.9 Å². The van der Waals surface area contributed by atoms with E-state index in [9.17, 15) is 71.1 Å². The summed E-state index contributed by atoms with van der Waals surface area (Å²) in [5.41, 5.74) is 3.13. The topological polar surface area (TPSA) is 392 Å². The molecule has 6 aromatic carbocycles. The zero-order chi connectivity index (χ0) is 47.5. The van der Waals surface area contributed by atoms with E-state index in [4.69, 9.17) is 0 Å². The van der Waals surface area contributed by atoms with E-state index >= 15 is 0 Å². The minimum absolute atomic E-state index is 0. The summed E-state index contributed by atoms with van der Waals surface area (Å²) in [5, 5.41) is 12.4. The molecule has 0 unspecified atom stereocenters. The fourth-order valence-electron chi connectivity index (χ4n) is 5.56. The third-order valence-corrected chi connectivity index (χ3v) is 12.0. The van der Waals surface area contributed by atoms with Crippen LogP contribution in [0.15, 0.2) is 168 Å². The van der Waals surface area contributed by atoms with Crippen LogP contribution in [0.1, 0.15) is 11.1 Å². The van der Waals surface area contributed by atoms with Crippen molar-refractivity contribution in [2.24, 2.45) is 20.4 Å². The first-order valence-electron chi connectivity index (χ1n) is 17.6. The van der Waals surface area contributed by atoms with E-state index in [1.807, 2.05) is 0 Å². The molecule has 336 valence electrons. The normalized spacial score (nSPS) is 12.9. The van der Waals surface area contributed by atoms with Gasteiger partial charge in [0.05, 0.1) is 42.3 Å². The van der Waals surface area contributed by atoms with Crippen LogP contribution in [-0.4, -0.2) is 51.9 Å². The molecule has 0 saturated carbocycles. The van der Waals surface area contributed by atoms with E-state index in [0.717, 1.165) is 66.7 Å². The molecule has 0 spiro atoms. The molecule has 0 aliphatic rings. The third-order valence-electron chi connectivity index (χ3n) is 8.62. The minimum Gasteiger partial charge on any atom is -0.744 e. The van der Waals surface area contributed by atoms with Gasteiger partial charge in [-0.2, -0.15) is 28.8 Å². The van der Waals surface area contributed by atoms with Gasteiger partial charge in [0.15, 0.2) is 10.7 Å². The molecular formula is C37H25N8Na3O16S4. The molecule has 6 aromatic rings. The first-order chi connectivity index (χ1) is 30.4. The van der Waals surface area contributed by atoms with Crippen molar-refractivity contribution in [2.45, 2.75) is 26.0 Å². The average Bonchev–Trinajstić information content (AvgIpc) is 3.23. The maximum atomic E-state index is 14.0. The van der Waals surface area contributed by atoms with E-state index < -0.39 is 121 Å². The molecule has 0 bridgehead atoms. The molecule has 0 fully saturated rings. The number of benzene rings is 6. The van der Waals surface area contributed by atoms with Gasteiger partial charge in [0.25, 0.3) is 10.1 Å². The fourth-order valence-corrected chi connectivity index (χ4v) is 7.64. The molecule has 31 heteroatoms. The smallest absolute Gasteiger partial charge is 0.744 e. The zero-order valence-corrected chi connectivity index (χ0v) is 44.4. The van der Waals surface area contributed by atoms with Crippen molar-refractivity contribution in [3.05, 3.63) is 183 Å². The zero-order valence-electron chi connectivity index (χ0n) is 35.1. The Morgan fingerprint density at radius 2 is 0.691 bits per heavy atom. The van der Waals surface area contributed by atoms with Crippen molar-refractivity contribution >= 4 is 63.2 Å². The number of anilines is 4. The summed E-state index contributed by atoms with van der Waals surface area (Å²) in [5.74, 6) is 0. The Hall–Kier alpha value is -4.44. The molecule has 5 N–H and O–H groups in total. The number of rotatable bonds is 14. The van der Waals surface area contributed by atoms with E-state index in [2.05, 4.69) is 42.1 Å². The number of hydrogen-bond donors (Lipinski definition) is 5. The maximum Gasteiger partial charge on any atom is 1.00 e. The molecule has 0 amide bonds. The van der Waals surface area contributed by atoms with Crippen LogP contribution < -0.4 is 154 Å². The predicted molar refractivity (Wildman–Crippen MR) is 222 cm³/mol. The Bertz CT molecular complexity index is 3640. The molecular weight excluding hydrogens is 1010 g/mol. The van der Waals surface area contributed by atoms with Crippen LogP contribution in [0.3, 0.4) is 0 Å². The molecule has 6 rings (SSSR count). The quantitative estimate of drug-likeness (QED) is 0.0384. The van der Waals surface area contributed by atoms with Crippen molar-refractivity contribution in [2.75, 3.05) is 21.7 Å². The number of hydrogen-bond acceptors (Lipinski definition) is 23. The summed E-state index contributed by atoms with van der Waals surface area (Å²) in [4.78, 5) is 52.8. The first-order valence-corrected chi connectivity index (χ1v) is 23.2.